The summed E-state index contributed by atoms with van der Waals surface area (Å²) < 4.78 is 0. The van der Waals surface area contributed by atoms with Gasteiger partial charge in [-0.1, -0.05) is 29.8 Å². The van der Waals surface area contributed by atoms with Crippen LogP contribution in [0.15, 0.2) is 24.3 Å². The zero-order valence-electron chi connectivity index (χ0n) is 11.3. The molecule has 0 bridgehead atoms. The molecule has 0 spiro atoms. The first-order valence-electron chi connectivity index (χ1n) is 6.59. The summed E-state index contributed by atoms with van der Waals surface area (Å²) in [5.41, 5.74) is 2.80. The molecule has 1 aromatic rings. The molecule has 0 aliphatic carbocycles. The Balaban J connectivity index is 1.90. The zero-order valence-corrected chi connectivity index (χ0v) is 11.3. The fourth-order valence-electron chi connectivity index (χ4n) is 2.66. The largest absolute Gasteiger partial charge is 0.306 e. The molecule has 1 aliphatic rings. The van der Waals surface area contributed by atoms with Gasteiger partial charge in [-0.05, 0) is 52.5 Å². The maximum Gasteiger partial charge on any atom is 0.0233 e. The van der Waals surface area contributed by atoms with Crippen molar-refractivity contribution in [3.8, 4) is 0 Å². The highest BCUT2D eigenvalue weighted by molar-refractivity contribution is 5.22. The minimum Gasteiger partial charge on any atom is -0.306 e. The van der Waals surface area contributed by atoms with Crippen molar-refractivity contribution in [3.05, 3.63) is 35.4 Å². The lowest BCUT2D eigenvalue weighted by molar-refractivity contribution is 0.139. The molecule has 1 aliphatic heterocycles. The second kappa shape index (κ2) is 5.65. The number of hydrogen-bond acceptors (Lipinski definition) is 2. The monoisotopic (exact) mass is 232 g/mol. The van der Waals surface area contributed by atoms with E-state index in [4.69, 9.17) is 0 Å². The number of hydrogen-bond donors (Lipinski definition) is 0. The van der Waals surface area contributed by atoms with E-state index in [2.05, 4.69) is 55.1 Å². The van der Waals surface area contributed by atoms with E-state index in [1.165, 1.54) is 37.1 Å². The molecular weight excluding hydrogens is 208 g/mol. The van der Waals surface area contributed by atoms with Crippen LogP contribution in [-0.4, -0.2) is 43.0 Å². The van der Waals surface area contributed by atoms with Crippen LogP contribution in [0.5, 0.6) is 0 Å². The van der Waals surface area contributed by atoms with Gasteiger partial charge in [-0.2, -0.15) is 0 Å². The van der Waals surface area contributed by atoms with Gasteiger partial charge in [0.25, 0.3) is 0 Å². The molecule has 2 nitrogen and oxygen atoms in total. The Bertz CT molecular complexity index is 354. The van der Waals surface area contributed by atoms with Crippen molar-refractivity contribution in [1.82, 2.24) is 9.80 Å². The predicted molar refractivity (Wildman–Crippen MR) is 73.2 cm³/mol. The molecule has 1 aromatic carbocycles. The highest BCUT2D eigenvalue weighted by Gasteiger charge is 2.20. The van der Waals surface area contributed by atoms with E-state index in [1.54, 1.807) is 0 Å². The highest BCUT2D eigenvalue weighted by atomic mass is 15.2. The summed E-state index contributed by atoms with van der Waals surface area (Å²) in [7, 11) is 4.48. The van der Waals surface area contributed by atoms with Gasteiger partial charge in [0.05, 0.1) is 0 Å². The average Bonchev–Trinajstić information content (AvgIpc) is 2.29. The maximum atomic E-state index is 2.52. The molecular formula is C15H24N2. The third-order valence-corrected chi connectivity index (χ3v) is 3.83. The summed E-state index contributed by atoms with van der Waals surface area (Å²) >= 11 is 0. The molecule has 0 saturated carbocycles. The van der Waals surface area contributed by atoms with Crippen LogP contribution in [0.2, 0.25) is 0 Å². The van der Waals surface area contributed by atoms with Gasteiger partial charge in [-0.15, -0.1) is 0 Å². The first-order valence-corrected chi connectivity index (χ1v) is 6.59. The van der Waals surface area contributed by atoms with Crippen LogP contribution < -0.4 is 0 Å². The Morgan fingerprint density at radius 2 is 2.00 bits per heavy atom. The molecule has 94 valence electrons. The van der Waals surface area contributed by atoms with E-state index in [0.29, 0.717) is 0 Å². The minimum atomic E-state index is 0.756. The highest BCUT2D eigenvalue weighted by Crippen LogP contribution is 2.16. The van der Waals surface area contributed by atoms with Crippen molar-refractivity contribution in [2.45, 2.75) is 32.4 Å². The van der Waals surface area contributed by atoms with Crippen LogP contribution in [0.3, 0.4) is 0 Å². The lowest BCUT2D eigenvalue weighted by Crippen LogP contribution is -2.41. The molecule has 0 radical (unpaired) electrons. The number of aryl methyl sites for hydroxylation is 1. The van der Waals surface area contributed by atoms with Gasteiger partial charge in [0.15, 0.2) is 0 Å². The summed E-state index contributed by atoms with van der Waals surface area (Å²) in [6.45, 7) is 5.72. The van der Waals surface area contributed by atoms with Gasteiger partial charge >= 0.3 is 0 Å². The molecule has 0 unspecified atom stereocenters. The third-order valence-electron chi connectivity index (χ3n) is 3.83. The van der Waals surface area contributed by atoms with Gasteiger partial charge in [0.2, 0.25) is 0 Å². The fraction of sp³-hybridized carbons (Fsp3) is 0.600. The van der Waals surface area contributed by atoms with Gasteiger partial charge in [-0.3, -0.25) is 4.90 Å². The van der Waals surface area contributed by atoms with Crippen molar-refractivity contribution in [2.75, 3.05) is 27.2 Å². The molecule has 2 rings (SSSR count). The quantitative estimate of drug-likeness (QED) is 0.790. The fourth-order valence-corrected chi connectivity index (χ4v) is 2.66. The molecule has 1 fully saturated rings. The van der Waals surface area contributed by atoms with E-state index >= 15 is 0 Å². The molecule has 0 aromatic heterocycles. The van der Waals surface area contributed by atoms with Crippen LogP contribution in [0, 0.1) is 6.92 Å². The molecule has 2 heteroatoms. The Morgan fingerprint density at radius 1 is 1.29 bits per heavy atom. The Labute approximate surface area is 105 Å². The topological polar surface area (TPSA) is 6.48 Å². The maximum absolute atomic E-state index is 2.52. The number of nitrogens with zero attached hydrogens (tertiary/aromatic N) is 2. The molecule has 0 atom stereocenters. The minimum absolute atomic E-state index is 0.756. The Morgan fingerprint density at radius 3 is 2.65 bits per heavy atom. The normalized spacial score (nSPS) is 18.8. The smallest absolute Gasteiger partial charge is 0.0233 e. The van der Waals surface area contributed by atoms with Gasteiger partial charge in [-0.25, -0.2) is 0 Å². The predicted octanol–water partition coefficient (Wildman–Crippen LogP) is 2.52. The van der Waals surface area contributed by atoms with Crippen LogP contribution in [0.25, 0.3) is 0 Å². The number of likely N-dealkylation sites (tertiary alicyclic amines) is 1. The van der Waals surface area contributed by atoms with Crippen LogP contribution in [0.4, 0.5) is 0 Å². The number of rotatable bonds is 3. The number of piperidine rings is 1. The second-order valence-electron chi connectivity index (χ2n) is 5.44. The molecule has 0 N–H and O–H groups in total. The Hall–Kier alpha value is -0.860. The van der Waals surface area contributed by atoms with Crippen LogP contribution in [0.1, 0.15) is 24.0 Å². The summed E-state index contributed by atoms with van der Waals surface area (Å²) in [6.07, 6.45) is 2.61. The van der Waals surface area contributed by atoms with Gasteiger partial charge in [0, 0.05) is 12.6 Å². The zero-order chi connectivity index (χ0) is 12.3. The summed E-state index contributed by atoms with van der Waals surface area (Å²) in [4.78, 5) is 4.94. The number of benzene rings is 1. The van der Waals surface area contributed by atoms with Crippen molar-refractivity contribution >= 4 is 0 Å². The van der Waals surface area contributed by atoms with E-state index < -0.39 is 0 Å². The SMILES string of the molecule is Cc1cccc(CN(C)C2CCN(C)CC2)c1. The molecule has 1 saturated heterocycles. The lowest BCUT2D eigenvalue weighted by Gasteiger charge is -2.35. The van der Waals surface area contributed by atoms with Crippen molar-refractivity contribution in [1.29, 1.82) is 0 Å². The summed E-state index contributed by atoms with van der Waals surface area (Å²) in [5, 5.41) is 0. The van der Waals surface area contributed by atoms with E-state index in [1.807, 2.05) is 0 Å². The standard InChI is InChI=1S/C15H24N2/c1-13-5-4-6-14(11-13)12-17(3)15-7-9-16(2)10-8-15/h4-6,11,15H,7-10,12H2,1-3H3. The molecule has 17 heavy (non-hydrogen) atoms. The van der Waals surface area contributed by atoms with Gasteiger partial charge < -0.3 is 4.90 Å². The first-order chi connectivity index (χ1) is 8.15. The second-order valence-corrected chi connectivity index (χ2v) is 5.44. The van der Waals surface area contributed by atoms with E-state index in [0.717, 1.165) is 12.6 Å². The van der Waals surface area contributed by atoms with Crippen LogP contribution >= 0.6 is 0 Å². The lowest BCUT2D eigenvalue weighted by atomic mass is 10.0. The molecule has 0 amide bonds. The van der Waals surface area contributed by atoms with Crippen molar-refractivity contribution in [2.24, 2.45) is 0 Å². The van der Waals surface area contributed by atoms with E-state index in [9.17, 15) is 0 Å². The van der Waals surface area contributed by atoms with Crippen molar-refractivity contribution < 1.29 is 0 Å². The third kappa shape index (κ3) is 3.55. The van der Waals surface area contributed by atoms with E-state index in [-0.39, 0.29) is 0 Å². The van der Waals surface area contributed by atoms with Crippen LogP contribution in [-0.2, 0) is 6.54 Å². The van der Waals surface area contributed by atoms with Gasteiger partial charge in [0.1, 0.15) is 0 Å². The molecule has 1 heterocycles. The van der Waals surface area contributed by atoms with Crippen molar-refractivity contribution in [3.63, 3.8) is 0 Å². The summed E-state index contributed by atoms with van der Waals surface area (Å²) in [5.74, 6) is 0. The first kappa shape index (κ1) is 12.6. The average molecular weight is 232 g/mol. The Kier molecular flexibility index (Phi) is 4.19. The summed E-state index contributed by atoms with van der Waals surface area (Å²) in [6, 6.07) is 9.61.